The van der Waals surface area contributed by atoms with Gasteiger partial charge in [-0.2, -0.15) is 5.10 Å². The highest BCUT2D eigenvalue weighted by molar-refractivity contribution is 5.08. The van der Waals surface area contributed by atoms with Crippen molar-refractivity contribution in [2.75, 3.05) is 7.11 Å². The van der Waals surface area contributed by atoms with E-state index in [0.29, 0.717) is 5.69 Å². The SMILES string of the molecule is CCC(C)(OC)C(O)c1ccn(C)n1. The van der Waals surface area contributed by atoms with E-state index in [1.165, 1.54) is 0 Å². The second-order valence-electron chi connectivity index (χ2n) is 3.69. The van der Waals surface area contributed by atoms with Gasteiger partial charge < -0.3 is 9.84 Å². The first-order chi connectivity index (χ1) is 6.53. The van der Waals surface area contributed by atoms with Crippen molar-refractivity contribution in [1.82, 2.24) is 9.78 Å². The second-order valence-corrected chi connectivity index (χ2v) is 3.69. The first-order valence-corrected chi connectivity index (χ1v) is 4.76. The van der Waals surface area contributed by atoms with Crippen LogP contribution in [0.3, 0.4) is 0 Å². The van der Waals surface area contributed by atoms with E-state index in [4.69, 9.17) is 4.74 Å². The number of ether oxygens (including phenoxy) is 1. The minimum Gasteiger partial charge on any atom is -0.384 e. The molecule has 1 N–H and O–H groups in total. The predicted octanol–water partition coefficient (Wildman–Crippen LogP) is 1.27. The molecule has 1 rings (SSSR count). The largest absolute Gasteiger partial charge is 0.384 e. The van der Waals surface area contributed by atoms with E-state index in [1.807, 2.05) is 27.1 Å². The Morgan fingerprint density at radius 1 is 1.71 bits per heavy atom. The van der Waals surface area contributed by atoms with Gasteiger partial charge in [-0.05, 0) is 19.4 Å². The Labute approximate surface area is 84.5 Å². The number of nitrogens with zero attached hydrogens (tertiary/aromatic N) is 2. The number of methoxy groups -OCH3 is 1. The van der Waals surface area contributed by atoms with Gasteiger partial charge in [-0.25, -0.2) is 0 Å². The Morgan fingerprint density at radius 2 is 2.36 bits per heavy atom. The van der Waals surface area contributed by atoms with Gasteiger partial charge in [-0.3, -0.25) is 4.68 Å². The van der Waals surface area contributed by atoms with E-state index in [0.717, 1.165) is 6.42 Å². The molecular formula is C10H18N2O2. The molecule has 0 spiro atoms. The summed E-state index contributed by atoms with van der Waals surface area (Å²) >= 11 is 0. The number of hydrogen-bond acceptors (Lipinski definition) is 3. The highest BCUT2D eigenvalue weighted by Crippen LogP contribution is 2.30. The molecule has 0 aromatic carbocycles. The van der Waals surface area contributed by atoms with Crippen LogP contribution in [-0.4, -0.2) is 27.6 Å². The van der Waals surface area contributed by atoms with Crippen molar-refractivity contribution in [3.63, 3.8) is 0 Å². The van der Waals surface area contributed by atoms with Crippen LogP contribution >= 0.6 is 0 Å². The van der Waals surface area contributed by atoms with E-state index in [2.05, 4.69) is 5.10 Å². The van der Waals surface area contributed by atoms with Crippen LogP contribution in [0.25, 0.3) is 0 Å². The Kier molecular flexibility index (Phi) is 3.29. The quantitative estimate of drug-likeness (QED) is 0.792. The summed E-state index contributed by atoms with van der Waals surface area (Å²) in [5.41, 5.74) is 0.0904. The summed E-state index contributed by atoms with van der Waals surface area (Å²) in [5.74, 6) is 0. The van der Waals surface area contributed by atoms with Gasteiger partial charge in [0.2, 0.25) is 0 Å². The molecule has 2 unspecified atom stereocenters. The Morgan fingerprint density at radius 3 is 2.71 bits per heavy atom. The first kappa shape index (κ1) is 11.2. The van der Waals surface area contributed by atoms with Gasteiger partial charge in [-0.1, -0.05) is 6.92 Å². The predicted molar refractivity (Wildman–Crippen MR) is 53.9 cm³/mol. The second kappa shape index (κ2) is 4.11. The monoisotopic (exact) mass is 198 g/mol. The minimum absolute atomic E-state index is 0.561. The van der Waals surface area contributed by atoms with Gasteiger partial charge in [0.1, 0.15) is 6.10 Å². The standard InChI is InChI=1S/C10H18N2O2/c1-5-10(2,14-4)9(13)8-6-7-12(3)11-8/h6-7,9,13H,5H2,1-4H3. The molecule has 80 valence electrons. The lowest BCUT2D eigenvalue weighted by atomic mass is 9.93. The number of aliphatic hydroxyl groups is 1. The van der Waals surface area contributed by atoms with E-state index < -0.39 is 11.7 Å². The molecule has 0 radical (unpaired) electrons. The van der Waals surface area contributed by atoms with Crippen LogP contribution < -0.4 is 0 Å². The molecule has 0 saturated heterocycles. The summed E-state index contributed by atoms with van der Waals surface area (Å²) < 4.78 is 6.98. The Bertz CT molecular complexity index is 292. The zero-order valence-corrected chi connectivity index (χ0v) is 9.19. The van der Waals surface area contributed by atoms with Gasteiger partial charge >= 0.3 is 0 Å². The van der Waals surface area contributed by atoms with Gasteiger partial charge in [0.05, 0.1) is 11.3 Å². The number of rotatable bonds is 4. The van der Waals surface area contributed by atoms with Crippen LogP contribution in [0.4, 0.5) is 0 Å². The smallest absolute Gasteiger partial charge is 0.126 e. The van der Waals surface area contributed by atoms with E-state index in [1.54, 1.807) is 17.9 Å². The van der Waals surface area contributed by atoms with Crippen molar-refractivity contribution in [3.05, 3.63) is 18.0 Å². The molecule has 1 aromatic rings. The maximum absolute atomic E-state index is 10.1. The van der Waals surface area contributed by atoms with E-state index in [-0.39, 0.29) is 0 Å². The number of hydrogen-bond donors (Lipinski definition) is 1. The highest BCUT2D eigenvalue weighted by atomic mass is 16.5. The molecule has 0 bridgehead atoms. The zero-order valence-electron chi connectivity index (χ0n) is 9.19. The summed E-state index contributed by atoms with van der Waals surface area (Å²) in [7, 11) is 3.43. The van der Waals surface area contributed by atoms with Crippen LogP contribution in [0.2, 0.25) is 0 Å². The van der Waals surface area contributed by atoms with Crippen molar-refractivity contribution in [2.24, 2.45) is 7.05 Å². The lowest BCUT2D eigenvalue weighted by Crippen LogP contribution is -2.34. The topological polar surface area (TPSA) is 47.3 Å². The third-order valence-corrected chi connectivity index (χ3v) is 2.76. The summed E-state index contributed by atoms with van der Waals surface area (Å²) in [6.07, 6.45) is 1.87. The highest BCUT2D eigenvalue weighted by Gasteiger charge is 2.33. The number of aromatic nitrogens is 2. The molecule has 4 heteroatoms. The minimum atomic E-state index is -0.682. The molecule has 0 saturated carbocycles. The van der Waals surface area contributed by atoms with Crippen molar-refractivity contribution >= 4 is 0 Å². The van der Waals surface area contributed by atoms with E-state index in [9.17, 15) is 5.11 Å². The molecule has 14 heavy (non-hydrogen) atoms. The fourth-order valence-electron chi connectivity index (χ4n) is 1.34. The maximum atomic E-state index is 10.1. The zero-order chi connectivity index (χ0) is 10.8. The maximum Gasteiger partial charge on any atom is 0.126 e. The number of aliphatic hydroxyl groups excluding tert-OH is 1. The van der Waals surface area contributed by atoms with E-state index >= 15 is 0 Å². The molecule has 1 aromatic heterocycles. The van der Waals surface area contributed by atoms with Crippen molar-refractivity contribution in [3.8, 4) is 0 Å². The van der Waals surface area contributed by atoms with Gasteiger partial charge in [0, 0.05) is 20.4 Å². The number of aryl methyl sites for hydroxylation is 1. The summed E-state index contributed by atoms with van der Waals surface area (Å²) in [6, 6.07) is 1.80. The van der Waals surface area contributed by atoms with Gasteiger partial charge in [0.15, 0.2) is 0 Å². The lowest BCUT2D eigenvalue weighted by Gasteiger charge is -2.30. The third-order valence-electron chi connectivity index (χ3n) is 2.76. The molecule has 0 fully saturated rings. The van der Waals surface area contributed by atoms with Crippen LogP contribution in [0, 0.1) is 0 Å². The van der Waals surface area contributed by atoms with Crippen LogP contribution in [-0.2, 0) is 11.8 Å². The fraction of sp³-hybridized carbons (Fsp3) is 0.700. The molecule has 0 aliphatic heterocycles. The molecule has 0 amide bonds. The Hall–Kier alpha value is -0.870. The molecule has 2 atom stereocenters. The fourth-order valence-corrected chi connectivity index (χ4v) is 1.34. The summed E-state index contributed by atoms with van der Waals surface area (Å²) in [4.78, 5) is 0. The molecular weight excluding hydrogens is 180 g/mol. The summed E-state index contributed by atoms with van der Waals surface area (Å²) in [5, 5.41) is 14.2. The molecule has 0 aliphatic rings. The average molecular weight is 198 g/mol. The van der Waals surface area contributed by atoms with Crippen molar-refractivity contribution < 1.29 is 9.84 Å². The lowest BCUT2D eigenvalue weighted by molar-refractivity contribution is -0.0961. The molecule has 1 heterocycles. The first-order valence-electron chi connectivity index (χ1n) is 4.76. The Balaban J connectivity index is 2.88. The van der Waals surface area contributed by atoms with Crippen molar-refractivity contribution in [1.29, 1.82) is 0 Å². The molecule has 4 nitrogen and oxygen atoms in total. The van der Waals surface area contributed by atoms with Gasteiger partial charge in [0.25, 0.3) is 0 Å². The summed E-state index contributed by atoms with van der Waals surface area (Å²) in [6.45, 7) is 3.86. The van der Waals surface area contributed by atoms with Crippen molar-refractivity contribution in [2.45, 2.75) is 32.0 Å². The van der Waals surface area contributed by atoms with Crippen LogP contribution in [0.15, 0.2) is 12.3 Å². The average Bonchev–Trinajstić information content (AvgIpc) is 2.62. The van der Waals surface area contributed by atoms with Gasteiger partial charge in [-0.15, -0.1) is 0 Å². The van der Waals surface area contributed by atoms with Crippen LogP contribution in [0.5, 0.6) is 0 Å². The van der Waals surface area contributed by atoms with Crippen LogP contribution in [0.1, 0.15) is 32.1 Å². The normalized spacial score (nSPS) is 17.8. The third kappa shape index (κ3) is 1.96. The molecule has 0 aliphatic carbocycles.